The van der Waals surface area contributed by atoms with Gasteiger partial charge in [-0.15, -0.1) is 0 Å². The van der Waals surface area contributed by atoms with Crippen LogP contribution >= 0.6 is 0 Å². The lowest BCUT2D eigenvalue weighted by atomic mass is 10.0. The fraction of sp³-hybridized carbons (Fsp3) is 0.982. The summed E-state index contributed by atoms with van der Waals surface area (Å²) in [4.78, 5) is 8.25. The van der Waals surface area contributed by atoms with Crippen molar-refractivity contribution in [2.45, 2.75) is 336 Å². The second-order valence-corrected chi connectivity index (χ2v) is 19.9. The van der Waals surface area contributed by atoms with E-state index in [9.17, 15) is 0 Å². The highest BCUT2D eigenvalue weighted by molar-refractivity contribution is 5.29. The maximum Gasteiger partial charge on any atom is 0.0786 e. The molecule has 3 nitrogen and oxygen atoms in total. The molecule has 0 saturated heterocycles. The number of unbranched alkanes of at least 4 members (excludes halogenated alkanes) is 44. The third-order valence-electron chi connectivity index (χ3n) is 13.9. The predicted molar refractivity (Wildman–Crippen MR) is 270 cm³/mol. The molecule has 0 bridgehead atoms. The van der Waals surface area contributed by atoms with Crippen molar-refractivity contribution in [1.82, 2.24) is 0 Å². The molecule has 362 valence electrons. The number of nitrogens with zero attached hydrogens (tertiary/aromatic N) is 1. The first kappa shape index (κ1) is 61.5. The smallest absolute Gasteiger partial charge is 0.0786 e. The molecule has 0 spiro atoms. The molecule has 0 aromatic heterocycles. The van der Waals surface area contributed by atoms with E-state index in [-0.39, 0.29) is 0 Å². The molecule has 0 aromatic carbocycles. The van der Waals surface area contributed by atoms with E-state index < -0.39 is 6.47 Å². The van der Waals surface area contributed by atoms with Crippen molar-refractivity contribution in [1.29, 1.82) is 0 Å². The van der Waals surface area contributed by atoms with Gasteiger partial charge in [-0.25, -0.2) is 0 Å². The highest BCUT2D eigenvalue weighted by atomic mass is 16.3. The average molecular weight is 849 g/mol. The minimum Gasteiger partial charge on any atom is -0.554 e. The van der Waals surface area contributed by atoms with Crippen molar-refractivity contribution in [2.24, 2.45) is 0 Å². The number of hydrogen-bond donors (Lipinski definition) is 0. The van der Waals surface area contributed by atoms with Gasteiger partial charge in [-0.1, -0.05) is 285 Å². The van der Waals surface area contributed by atoms with Crippen LogP contribution in [0.15, 0.2) is 0 Å². The molecule has 0 aliphatic carbocycles. The fourth-order valence-electron chi connectivity index (χ4n) is 9.82. The molecule has 3 heteroatoms. The largest absolute Gasteiger partial charge is 0.554 e. The van der Waals surface area contributed by atoms with Crippen LogP contribution in [0.2, 0.25) is 0 Å². The third kappa shape index (κ3) is 51.8. The lowest BCUT2D eigenvalue weighted by molar-refractivity contribution is -0.929. The minimum absolute atomic E-state index is 0.500. The van der Waals surface area contributed by atoms with Gasteiger partial charge in [0, 0.05) is 6.47 Å². The Balaban J connectivity index is 0. The zero-order valence-electron chi connectivity index (χ0n) is 42.6. The summed E-state index contributed by atoms with van der Waals surface area (Å²) in [5.74, 6) is 0. The monoisotopic (exact) mass is 848 g/mol. The van der Waals surface area contributed by atoms with Crippen molar-refractivity contribution >= 4 is 6.47 Å². The molecule has 60 heavy (non-hydrogen) atoms. The van der Waals surface area contributed by atoms with Gasteiger partial charge in [0.1, 0.15) is 0 Å². The summed E-state index contributed by atoms with van der Waals surface area (Å²) in [5.41, 5.74) is 0. The number of carbonyl (C=O) groups excluding carboxylic acids is 1. The van der Waals surface area contributed by atoms with E-state index in [1.54, 1.807) is 0 Å². The summed E-state index contributed by atoms with van der Waals surface area (Å²) in [6.07, 6.45) is 70.7. The molecule has 0 heterocycles. The molecule has 0 aromatic rings. The van der Waals surface area contributed by atoms with Crippen LogP contribution in [0.3, 0.4) is 0 Å². The number of hydrogen-bond acceptors (Lipinski definition) is 2. The zero-order chi connectivity index (χ0) is 44.0. The molecule has 0 amide bonds. The van der Waals surface area contributed by atoms with E-state index in [1.807, 2.05) is 0 Å². The highest BCUT2D eigenvalue weighted by Gasteiger charge is 2.25. The normalized spacial score (nSPS) is 11.6. The molecule has 0 aliphatic heterocycles. The second kappa shape index (κ2) is 56.4. The summed E-state index contributed by atoms with van der Waals surface area (Å²) >= 11 is 0. The van der Waals surface area contributed by atoms with Crippen LogP contribution in [0.4, 0.5) is 0 Å². The number of carbonyl (C=O) groups is 1. The Morgan fingerprint density at radius 2 is 0.333 bits per heavy atom. The van der Waals surface area contributed by atoms with Gasteiger partial charge in [-0.05, 0) is 51.4 Å². The Morgan fingerprint density at radius 3 is 0.450 bits per heavy atom. The SMILES string of the molecule is CCCCCCCCCCCCCC[N+](CCCCCCCCCCCCCC)(CCCCCCCCCCCCCC)CCCCCCCCCCCCCC.O=C[O-]. The van der Waals surface area contributed by atoms with Crippen LogP contribution < -0.4 is 5.11 Å². The maximum atomic E-state index is 8.25. The van der Waals surface area contributed by atoms with Gasteiger partial charge in [-0.3, -0.25) is 0 Å². The van der Waals surface area contributed by atoms with Gasteiger partial charge in [-0.2, -0.15) is 0 Å². The van der Waals surface area contributed by atoms with Crippen molar-refractivity contribution in [3.8, 4) is 0 Å². The first-order valence-corrected chi connectivity index (χ1v) is 28.6. The van der Waals surface area contributed by atoms with Crippen molar-refractivity contribution in [3.63, 3.8) is 0 Å². The molecular weight excluding hydrogens is 731 g/mol. The Hall–Kier alpha value is -0.570. The standard InChI is InChI=1S/C56H116N.CH2O2/c1-5-9-13-17-21-25-29-33-37-41-45-49-53-57(54-50-46-42-38-34-30-26-22-18-14-10-6-2,55-51-47-43-39-35-31-27-23-19-15-11-7-3)56-52-48-44-40-36-32-28-24-20-16-12-8-4;2-1-3/h5-56H2,1-4H3;1H,(H,2,3)/q+1;/p-1. The lowest BCUT2D eigenvalue weighted by Crippen LogP contribution is -2.50. The second-order valence-electron chi connectivity index (χ2n) is 19.9. The van der Waals surface area contributed by atoms with Gasteiger partial charge in [0.25, 0.3) is 0 Å². The molecule has 0 rings (SSSR count). The topological polar surface area (TPSA) is 40.1 Å². The van der Waals surface area contributed by atoms with E-state index in [0.29, 0.717) is 0 Å². The quantitative estimate of drug-likeness (QED) is 0.0348. The van der Waals surface area contributed by atoms with E-state index in [0.717, 1.165) is 0 Å². The van der Waals surface area contributed by atoms with Crippen LogP contribution in [-0.4, -0.2) is 37.1 Å². The maximum absolute atomic E-state index is 8.25. The lowest BCUT2D eigenvalue weighted by Gasteiger charge is -2.40. The molecule has 0 unspecified atom stereocenters. The van der Waals surface area contributed by atoms with Crippen LogP contribution in [0.25, 0.3) is 0 Å². The van der Waals surface area contributed by atoms with Gasteiger partial charge in [0.2, 0.25) is 0 Å². The Morgan fingerprint density at radius 1 is 0.233 bits per heavy atom. The Labute approximate surface area is 381 Å². The van der Waals surface area contributed by atoms with Crippen LogP contribution in [0, 0.1) is 0 Å². The molecule has 0 saturated carbocycles. The van der Waals surface area contributed by atoms with E-state index >= 15 is 0 Å². The van der Waals surface area contributed by atoms with Crippen LogP contribution in [0.5, 0.6) is 0 Å². The number of rotatable bonds is 52. The minimum atomic E-state index is -0.500. The van der Waals surface area contributed by atoms with Crippen molar-refractivity contribution in [3.05, 3.63) is 0 Å². The number of quaternary nitrogens is 1. The first-order valence-electron chi connectivity index (χ1n) is 28.6. The van der Waals surface area contributed by atoms with Crippen molar-refractivity contribution in [2.75, 3.05) is 26.2 Å². The van der Waals surface area contributed by atoms with E-state index in [4.69, 9.17) is 9.90 Å². The van der Waals surface area contributed by atoms with E-state index in [2.05, 4.69) is 27.7 Å². The van der Waals surface area contributed by atoms with Crippen LogP contribution in [0.1, 0.15) is 336 Å². The molecule has 0 N–H and O–H groups in total. The van der Waals surface area contributed by atoms with E-state index in [1.165, 1.54) is 339 Å². The van der Waals surface area contributed by atoms with Gasteiger partial charge < -0.3 is 14.4 Å². The summed E-state index contributed by atoms with van der Waals surface area (Å²) < 4.78 is 1.49. The highest BCUT2D eigenvalue weighted by Crippen LogP contribution is 2.22. The summed E-state index contributed by atoms with van der Waals surface area (Å²) in [5, 5.41) is 8.25. The Kier molecular flexibility index (Phi) is 57.9. The molecule has 0 atom stereocenters. The van der Waals surface area contributed by atoms with Gasteiger partial charge >= 0.3 is 0 Å². The summed E-state index contributed by atoms with van der Waals surface area (Å²) in [6.45, 7) is 14.8. The third-order valence-corrected chi connectivity index (χ3v) is 13.9. The van der Waals surface area contributed by atoms with Gasteiger partial charge in [0.15, 0.2) is 0 Å². The average Bonchev–Trinajstić information content (AvgIpc) is 3.25. The molecule has 0 radical (unpaired) electrons. The molecule has 0 fully saturated rings. The Bertz CT molecular complexity index is 622. The van der Waals surface area contributed by atoms with Crippen LogP contribution in [-0.2, 0) is 4.79 Å². The number of carboxylic acid groups (broad SMARTS) is 1. The summed E-state index contributed by atoms with van der Waals surface area (Å²) in [6, 6.07) is 0. The zero-order valence-corrected chi connectivity index (χ0v) is 42.6. The first-order chi connectivity index (χ1) is 29.7. The van der Waals surface area contributed by atoms with Gasteiger partial charge in [0.05, 0.1) is 26.2 Å². The predicted octanol–water partition coefficient (Wildman–Crippen LogP) is 19.0. The fourth-order valence-corrected chi connectivity index (χ4v) is 9.82. The molecular formula is C57H117NO2. The summed E-state index contributed by atoms with van der Waals surface area (Å²) in [7, 11) is 0. The molecule has 0 aliphatic rings. The van der Waals surface area contributed by atoms with Crippen molar-refractivity contribution < 1.29 is 14.4 Å².